The number of piperazine rings is 1. The Kier molecular flexibility index (Phi) is 7.51. The molecule has 9 nitrogen and oxygen atoms in total. The number of imide groups is 1. The minimum Gasteiger partial charge on any atom is -0.497 e. The first kappa shape index (κ1) is 26.2. The van der Waals surface area contributed by atoms with Crippen molar-refractivity contribution in [2.75, 3.05) is 51.9 Å². The molecular formula is C30H32N3O6+. The number of benzene rings is 3. The predicted molar refractivity (Wildman–Crippen MR) is 145 cm³/mol. The summed E-state index contributed by atoms with van der Waals surface area (Å²) >= 11 is 0. The molecule has 3 amide bonds. The molecule has 0 radical (unpaired) electrons. The Morgan fingerprint density at radius 1 is 0.846 bits per heavy atom. The molecule has 2 aliphatic heterocycles. The molecule has 0 saturated carbocycles. The highest BCUT2D eigenvalue weighted by Crippen LogP contribution is 2.30. The standard InChI is InChI=1S/C30H31N3O6/c1-4-39-23-8-6-22(7-9-23)33-29(35)25-11-5-20(18-26(25)30(33)36)28(34)32-15-13-31(14-16-32)19-21-17-24(37-2)10-12-27(21)38-3/h5-12,17-18H,4,13-16,19H2,1-3H3/p+1. The summed E-state index contributed by atoms with van der Waals surface area (Å²) in [6.07, 6.45) is 0. The summed E-state index contributed by atoms with van der Waals surface area (Å²) in [6, 6.07) is 17.3. The van der Waals surface area contributed by atoms with Gasteiger partial charge >= 0.3 is 0 Å². The van der Waals surface area contributed by atoms with E-state index in [1.54, 1.807) is 61.6 Å². The quantitative estimate of drug-likeness (QED) is 0.450. The normalized spacial score (nSPS) is 15.4. The maximum atomic E-state index is 13.3. The Bertz CT molecular complexity index is 1400. The van der Waals surface area contributed by atoms with E-state index in [4.69, 9.17) is 14.2 Å². The van der Waals surface area contributed by atoms with E-state index in [1.807, 2.05) is 25.1 Å². The molecule has 0 atom stereocenters. The summed E-state index contributed by atoms with van der Waals surface area (Å²) in [7, 11) is 3.30. The SMILES string of the molecule is CCOc1ccc(N2C(=O)c3ccc(C(=O)N4CC[NH+](Cc5cc(OC)ccc5OC)CC4)cc3C2=O)cc1. The van der Waals surface area contributed by atoms with Crippen LogP contribution in [0.2, 0.25) is 0 Å². The third kappa shape index (κ3) is 5.18. The van der Waals surface area contributed by atoms with Gasteiger partial charge in [0, 0.05) is 5.56 Å². The van der Waals surface area contributed by atoms with Crippen LogP contribution in [-0.2, 0) is 6.54 Å². The third-order valence-corrected chi connectivity index (χ3v) is 7.23. The molecule has 0 aromatic heterocycles. The average molecular weight is 531 g/mol. The van der Waals surface area contributed by atoms with Crippen LogP contribution in [0.3, 0.4) is 0 Å². The molecule has 3 aromatic carbocycles. The number of methoxy groups -OCH3 is 2. The first-order valence-corrected chi connectivity index (χ1v) is 13.0. The van der Waals surface area contributed by atoms with Gasteiger partial charge in [-0.15, -0.1) is 0 Å². The van der Waals surface area contributed by atoms with E-state index in [1.165, 1.54) is 4.90 Å². The van der Waals surface area contributed by atoms with E-state index in [0.29, 0.717) is 42.3 Å². The lowest BCUT2D eigenvalue weighted by Crippen LogP contribution is -3.13. The van der Waals surface area contributed by atoms with Crippen LogP contribution in [0.4, 0.5) is 5.69 Å². The van der Waals surface area contributed by atoms with E-state index >= 15 is 0 Å². The topological polar surface area (TPSA) is 89.8 Å². The zero-order valence-electron chi connectivity index (χ0n) is 22.4. The first-order chi connectivity index (χ1) is 18.9. The zero-order chi connectivity index (χ0) is 27.5. The molecule has 2 aliphatic rings. The summed E-state index contributed by atoms with van der Waals surface area (Å²) < 4.78 is 16.3. The Labute approximate surface area is 227 Å². The van der Waals surface area contributed by atoms with Crippen LogP contribution in [0.5, 0.6) is 17.2 Å². The molecule has 0 unspecified atom stereocenters. The lowest BCUT2D eigenvalue weighted by Gasteiger charge is -2.32. The van der Waals surface area contributed by atoms with Crippen LogP contribution < -0.4 is 24.0 Å². The summed E-state index contributed by atoms with van der Waals surface area (Å²) in [5.74, 6) is 1.28. The van der Waals surface area contributed by atoms with Gasteiger partial charge in [-0.2, -0.15) is 0 Å². The van der Waals surface area contributed by atoms with Crippen LogP contribution in [-0.4, -0.2) is 69.6 Å². The summed E-state index contributed by atoms with van der Waals surface area (Å²) in [4.78, 5) is 43.9. The molecule has 2 heterocycles. The van der Waals surface area contributed by atoms with Crippen LogP contribution in [0.1, 0.15) is 43.6 Å². The molecule has 5 rings (SSSR count). The lowest BCUT2D eigenvalue weighted by molar-refractivity contribution is -0.917. The summed E-state index contributed by atoms with van der Waals surface area (Å²) in [5, 5.41) is 0. The van der Waals surface area contributed by atoms with Gasteiger partial charge in [0.15, 0.2) is 0 Å². The van der Waals surface area contributed by atoms with E-state index in [2.05, 4.69) is 0 Å². The van der Waals surface area contributed by atoms with Gasteiger partial charge in [-0.1, -0.05) is 0 Å². The highest BCUT2D eigenvalue weighted by molar-refractivity contribution is 6.34. The van der Waals surface area contributed by atoms with Crippen molar-refractivity contribution in [3.63, 3.8) is 0 Å². The minimum absolute atomic E-state index is 0.143. The van der Waals surface area contributed by atoms with E-state index in [9.17, 15) is 14.4 Å². The largest absolute Gasteiger partial charge is 0.497 e. The van der Waals surface area contributed by atoms with Crippen molar-refractivity contribution in [2.24, 2.45) is 0 Å². The highest BCUT2D eigenvalue weighted by Gasteiger charge is 2.37. The zero-order valence-corrected chi connectivity index (χ0v) is 22.4. The number of ether oxygens (including phenoxy) is 3. The molecule has 0 spiro atoms. The Hall–Kier alpha value is -4.37. The van der Waals surface area contributed by atoms with Crippen molar-refractivity contribution in [3.8, 4) is 17.2 Å². The van der Waals surface area contributed by atoms with E-state index < -0.39 is 11.8 Å². The number of carbonyl (C=O) groups excluding carboxylic acids is 3. The minimum atomic E-state index is -0.435. The number of quaternary nitrogens is 1. The third-order valence-electron chi connectivity index (χ3n) is 7.23. The van der Waals surface area contributed by atoms with Crippen LogP contribution >= 0.6 is 0 Å². The number of nitrogens with zero attached hydrogens (tertiary/aromatic N) is 2. The Balaban J connectivity index is 1.25. The van der Waals surface area contributed by atoms with E-state index in [0.717, 1.165) is 41.6 Å². The molecule has 1 fully saturated rings. The smallest absolute Gasteiger partial charge is 0.266 e. The molecule has 0 aliphatic carbocycles. The number of fused-ring (bicyclic) bond motifs is 1. The number of anilines is 1. The fourth-order valence-electron chi connectivity index (χ4n) is 5.14. The van der Waals surface area contributed by atoms with Crippen LogP contribution in [0.15, 0.2) is 60.7 Å². The van der Waals surface area contributed by atoms with Crippen LogP contribution in [0.25, 0.3) is 0 Å². The lowest BCUT2D eigenvalue weighted by atomic mass is 10.0. The molecule has 3 aromatic rings. The summed E-state index contributed by atoms with van der Waals surface area (Å²) in [6.45, 7) is 5.90. The second kappa shape index (κ2) is 11.2. The number of amides is 3. The van der Waals surface area contributed by atoms with Crippen molar-refractivity contribution >= 4 is 23.4 Å². The average Bonchev–Trinajstić information content (AvgIpc) is 3.22. The maximum Gasteiger partial charge on any atom is 0.266 e. The molecule has 1 N–H and O–H groups in total. The molecule has 1 saturated heterocycles. The van der Waals surface area contributed by atoms with E-state index in [-0.39, 0.29) is 11.5 Å². The highest BCUT2D eigenvalue weighted by atomic mass is 16.5. The second-order valence-electron chi connectivity index (χ2n) is 9.53. The second-order valence-corrected chi connectivity index (χ2v) is 9.53. The fraction of sp³-hybridized carbons (Fsp3) is 0.300. The van der Waals surface area contributed by atoms with Gasteiger partial charge in [-0.25, -0.2) is 4.90 Å². The van der Waals surface area contributed by atoms with Gasteiger partial charge < -0.3 is 24.0 Å². The van der Waals surface area contributed by atoms with Crippen molar-refractivity contribution in [3.05, 3.63) is 82.9 Å². The van der Waals surface area contributed by atoms with Gasteiger partial charge in [-0.3, -0.25) is 14.4 Å². The predicted octanol–water partition coefficient (Wildman–Crippen LogP) is 2.44. The van der Waals surface area contributed by atoms with Gasteiger partial charge in [0.05, 0.1) is 69.4 Å². The number of nitrogens with one attached hydrogen (secondary N) is 1. The van der Waals surface area contributed by atoms with Gasteiger partial charge in [-0.05, 0) is 67.6 Å². The Morgan fingerprint density at radius 3 is 2.21 bits per heavy atom. The van der Waals surface area contributed by atoms with Crippen LogP contribution in [0, 0.1) is 0 Å². The van der Waals surface area contributed by atoms with Gasteiger partial charge in [0.25, 0.3) is 17.7 Å². The van der Waals surface area contributed by atoms with Gasteiger partial charge in [0.2, 0.25) is 0 Å². The van der Waals surface area contributed by atoms with Crippen molar-refractivity contribution in [1.82, 2.24) is 4.90 Å². The maximum absolute atomic E-state index is 13.3. The molecule has 0 bridgehead atoms. The van der Waals surface area contributed by atoms with Crippen molar-refractivity contribution in [2.45, 2.75) is 13.5 Å². The Morgan fingerprint density at radius 2 is 1.54 bits per heavy atom. The van der Waals surface area contributed by atoms with Gasteiger partial charge in [0.1, 0.15) is 23.8 Å². The first-order valence-electron chi connectivity index (χ1n) is 13.0. The molecule has 9 heteroatoms. The number of hydrogen-bond acceptors (Lipinski definition) is 6. The number of rotatable bonds is 8. The fourth-order valence-corrected chi connectivity index (χ4v) is 5.14. The molecule has 39 heavy (non-hydrogen) atoms. The van der Waals surface area contributed by atoms with Crippen molar-refractivity contribution < 1.29 is 33.5 Å². The summed E-state index contributed by atoms with van der Waals surface area (Å²) in [5.41, 5.74) is 2.47. The monoisotopic (exact) mass is 530 g/mol. The van der Waals surface area contributed by atoms with Crippen molar-refractivity contribution in [1.29, 1.82) is 0 Å². The number of hydrogen-bond donors (Lipinski definition) is 1. The number of carbonyl (C=O) groups is 3. The molecular weight excluding hydrogens is 498 g/mol. The molecule has 202 valence electrons.